The van der Waals surface area contributed by atoms with Gasteiger partial charge in [-0.15, -0.1) is 0 Å². The standard InChI is InChI=1S/C4H4I2O2/c5-2-3(6)1-4(7)8/h1H,2H2,(H,7,8)/b3-1-. The Morgan fingerprint density at radius 2 is 2.25 bits per heavy atom. The Bertz CT molecular complexity index is 119. The molecule has 0 aromatic heterocycles. The van der Waals surface area contributed by atoms with E-state index in [9.17, 15) is 4.79 Å². The van der Waals surface area contributed by atoms with Crippen LogP contribution in [0.3, 0.4) is 0 Å². The summed E-state index contributed by atoms with van der Waals surface area (Å²) < 4.78 is 1.63. The Labute approximate surface area is 74.6 Å². The second kappa shape index (κ2) is 4.54. The molecule has 0 saturated carbocycles. The molecule has 0 aliphatic rings. The van der Waals surface area contributed by atoms with Crippen LogP contribution in [0.2, 0.25) is 0 Å². The zero-order valence-corrected chi connectivity index (χ0v) is 8.21. The number of halogens is 2. The quantitative estimate of drug-likeness (QED) is 0.474. The molecule has 4 heteroatoms. The molecule has 0 aliphatic heterocycles. The highest BCUT2D eigenvalue weighted by atomic mass is 127. The second-order valence-electron chi connectivity index (χ2n) is 1.06. The summed E-state index contributed by atoms with van der Waals surface area (Å²) in [5.74, 6) is -0.869. The van der Waals surface area contributed by atoms with Gasteiger partial charge in [0.15, 0.2) is 0 Å². The first-order valence-electron chi connectivity index (χ1n) is 1.81. The topological polar surface area (TPSA) is 37.3 Å². The molecule has 0 amide bonds. The Balaban J connectivity index is 3.75. The van der Waals surface area contributed by atoms with E-state index < -0.39 is 5.97 Å². The van der Waals surface area contributed by atoms with E-state index >= 15 is 0 Å². The van der Waals surface area contributed by atoms with E-state index in [-0.39, 0.29) is 0 Å². The molecule has 0 bridgehead atoms. The molecule has 0 unspecified atom stereocenters. The summed E-state index contributed by atoms with van der Waals surface area (Å²) >= 11 is 4.10. The van der Waals surface area contributed by atoms with E-state index in [0.29, 0.717) is 0 Å². The first kappa shape index (κ1) is 8.67. The second-order valence-corrected chi connectivity index (χ2v) is 3.21. The number of carbonyl (C=O) groups is 1. The molecule has 1 N–H and O–H groups in total. The zero-order valence-electron chi connectivity index (χ0n) is 3.90. The average Bonchev–Trinajstić information content (AvgIpc) is 1.65. The van der Waals surface area contributed by atoms with Crippen LogP contribution >= 0.6 is 45.2 Å². The summed E-state index contributed by atoms with van der Waals surface area (Å²) in [4.78, 5) is 9.88. The molecular weight excluding hydrogens is 334 g/mol. The number of hydrogen-bond acceptors (Lipinski definition) is 1. The van der Waals surface area contributed by atoms with Crippen LogP contribution < -0.4 is 0 Å². The van der Waals surface area contributed by atoms with E-state index in [0.717, 1.165) is 8.01 Å². The molecule has 46 valence electrons. The fraction of sp³-hybridized carbons (Fsp3) is 0.250. The minimum absolute atomic E-state index is 0.768. The van der Waals surface area contributed by atoms with Crippen LogP contribution in [-0.4, -0.2) is 15.5 Å². The Morgan fingerprint density at radius 1 is 1.75 bits per heavy atom. The van der Waals surface area contributed by atoms with Gasteiger partial charge in [0.05, 0.1) is 0 Å². The van der Waals surface area contributed by atoms with Crippen molar-refractivity contribution in [2.45, 2.75) is 0 Å². The van der Waals surface area contributed by atoms with E-state index in [2.05, 4.69) is 22.6 Å². The van der Waals surface area contributed by atoms with Crippen LogP contribution in [0, 0.1) is 0 Å². The van der Waals surface area contributed by atoms with Gasteiger partial charge in [0.1, 0.15) is 0 Å². The van der Waals surface area contributed by atoms with Crippen molar-refractivity contribution in [2.24, 2.45) is 0 Å². The smallest absolute Gasteiger partial charge is 0.329 e. The van der Waals surface area contributed by atoms with Crippen LogP contribution in [0.5, 0.6) is 0 Å². The Hall–Kier alpha value is 0.670. The van der Waals surface area contributed by atoms with Crippen molar-refractivity contribution in [3.63, 3.8) is 0 Å². The van der Waals surface area contributed by atoms with Crippen molar-refractivity contribution in [2.75, 3.05) is 4.43 Å². The number of allylic oxidation sites excluding steroid dienone is 1. The van der Waals surface area contributed by atoms with Gasteiger partial charge < -0.3 is 5.11 Å². The molecule has 0 atom stereocenters. The summed E-state index contributed by atoms with van der Waals surface area (Å²) in [5, 5.41) is 8.13. The monoisotopic (exact) mass is 338 g/mol. The van der Waals surface area contributed by atoms with Crippen LogP contribution in [-0.2, 0) is 4.79 Å². The highest BCUT2D eigenvalue weighted by Crippen LogP contribution is 2.08. The first-order chi connectivity index (χ1) is 3.66. The SMILES string of the molecule is O=C(O)/C=C(\I)CI. The lowest BCUT2D eigenvalue weighted by atomic mass is 10.5. The minimum Gasteiger partial charge on any atom is -0.478 e. The predicted octanol–water partition coefficient (Wildman–Crippen LogP) is 1.82. The van der Waals surface area contributed by atoms with Crippen molar-refractivity contribution in [1.29, 1.82) is 0 Å². The fourth-order valence-electron chi connectivity index (χ4n) is 0.173. The molecule has 8 heavy (non-hydrogen) atoms. The first-order valence-corrected chi connectivity index (χ1v) is 4.42. The maximum absolute atomic E-state index is 9.88. The average molecular weight is 338 g/mol. The van der Waals surface area contributed by atoms with Gasteiger partial charge in [0.25, 0.3) is 0 Å². The van der Waals surface area contributed by atoms with Gasteiger partial charge in [-0.05, 0) is 22.6 Å². The van der Waals surface area contributed by atoms with Gasteiger partial charge in [-0.25, -0.2) is 4.79 Å². The summed E-state index contributed by atoms with van der Waals surface area (Å²) in [6.45, 7) is 0. The van der Waals surface area contributed by atoms with Gasteiger partial charge >= 0.3 is 5.97 Å². The zero-order chi connectivity index (χ0) is 6.57. The van der Waals surface area contributed by atoms with E-state index in [1.165, 1.54) is 6.08 Å². The van der Waals surface area contributed by atoms with E-state index in [1.807, 2.05) is 22.6 Å². The van der Waals surface area contributed by atoms with E-state index in [1.54, 1.807) is 0 Å². The van der Waals surface area contributed by atoms with Crippen molar-refractivity contribution in [1.82, 2.24) is 0 Å². The maximum Gasteiger partial charge on any atom is 0.329 e. The van der Waals surface area contributed by atoms with Crippen LogP contribution in [0.15, 0.2) is 9.66 Å². The summed E-state index contributed by atoms with van der Waals surface area (Å²) in [6.07, 6.45) is 1.20. The summed E-state index contributed by atoms with van der Waals surface area (Å²) in [5.41, 5.74) is 0. The largest absolute Gasteiger partial charge is 0.478 e. The third-order valence-corrected chi connectivity index (χ3v) is 3.38. The fourth-order valence-corrected chi connectivity index (χ4v) is 0.659. The highest BCUT2D eigenvalue weighted by Gasteiger charge is 1.90. The third kappa shape index (κ3) is 4.82. The molecule has 0 aromatic rings. The van der Waals surface area contributed by atoms with Gasteiger partial charge in [0.2, 0.25) is 0 Å². The van der Waals surface area contributed by atoms with Gasteiger partial charge in [-0.1, -0.05) is 22.6 Å². The maximum atomic E-state index is 9.88. The predicted molar refractivity (Wildman–Crippen MR) is 48.6 cm³/mol. The molecule has 0 fully saturated rings. The normalized spacial score (nSPS) is 11.5. The van der Waals surface area contributed by atoms with Gasteiger partial charge in [-0.3, -0.25) is 0 Å². The van der Waals surface area contributed by atoms with Crippen LogP contribution in [0.4, 0.5) is 0 Å². The molecule has 0 heterocycles. The van der Waals surface area contributed by atoms with Crippen molar-refractivity contribution >= 4 is 51.2 Å². The van der Waals surface area contributed by atoms with Crippen LogP contribution in [0.25, 0.3) is 0 Å². The molecule has 0 spiro atoms. The highest BCUT2D eigenvalue weighted by molar-refractivity contribution is 14.1. The molecule has 2 nitrogen and oxygen atoms in total. The molecule has 0 rings (SSSR count). The van der Waals surface area contributed by atoms with E-state index in [4.69, 9.17) is 5.11 Å². The summed E-state index contributed by atoms with van der Waals surface area (Å²) in [7, 11) is 0. The summed E-state index contributed by atoms with van der Waals surface area (Å²) in [6, 6.07) is 0. The Kier molecular flexibility index (Phi) is 4.92. The van der Waals surface area contributed by atoms with Crippen LogP contribution in [0.1, 0.15) is 0 Å². The van der Waals surface area contributed by atoms with Crippen molar-refractivity contribution in [3.8, 4) is 0 Å². The number of carboxylic acids is 1. The molecule has 0 radical (unpaired) electrons. The molecule has 0 saturated heterocycles. The lowest BCUT2D eigenvalue weighted by Crippen LogP contribution is -1.87. The lowest BCUT2D eigenvalue weighted by Gasteiger charge is -1.84. The number of aliphatic carboxylic acids is 1. The molecular formula is C4H4I2O2. The molecule has 0 aromatic carbocycles. The minimum atomic E-state index is -0.869. The van der Waals surface area contributed by atoms with Crippen molar-refractivity contribution < 1.29 is 9.90 Å². The number of alkyl halides is 1. The number of carboxylic acid groups (broad SMARTS) is 1. The number of rotatable bonds is 2. The molecule has 0 aliphatic carbocycles. The van der Waals surface area contributed by atoms with Crippen molar-refractivity contribution in [3.05, 3.63) is 9.66 Å². The Morgan fingerprint density at radius 3 is 2.38 bits per heavy atom. The number of hydrogen-bond donors (Lipinski definition) is 1. The van der Waals surface area contributed by atoms with Gasteiger partial charge in [-0.2, -0.15) is 0 Å². The van der Waals surface area contributed by atoms with Gasteiger partial charge in [0, 0.05) is 14.1 Å². The third-order valence-electron chi connectivity index (χ3n) is 0.408. The lowest BCUT2D eigenvalue weighted by molar-refractivity contribution is -0.131.